The molecule has 0 unspecified atom stereocenters. The minimum atomic E-state index is 0.106. The monoisotopic (exact) mass is 506 g/mol. The first kappa shape index (κ1) is 25.5. The van der Waals surface area contributed by atoms with E-state index in [0.29, 0.717) is 18.5 Å². The van der Waals surface area contributed by atoms with Crippen LogP contribution >= 0.6 is 0 Å². The Morgan fingerprint density at radius 1 is 0.684 bits per heavy atom. The fourth-order valence-corrected chi connectivity index (χ4v) is 4.82. The zero-order valence-corrected chi connectivity index (χ0v) is 22.1. The molecule has 0 saturated carbocycles. The topological polar surface area (TPSA) is 57.6 Å². The number of anilines is 3. The van der Waals surface area contributed by atoms with Crippen molar-refractivity contribution in [3.63, 3.8) is 0 Å². The van der Waals surface area contributed by atoms with Crippen molar-refractivity contribution in [2.45, 2.75) is 12.8 Å². The van der Waals surface area contributed by atoms with Crippen LogP contribution < -0.4 is 10.2 Å². The first-order chi connectivity index (χ1) is 18.4. The van der Waals surface area contributed by atoms with Gasteiger partial charge < -0.3 is 19.7 Å². The highest BCUT2D eigenvalue weighted by atomic mass is 16.1. The summed E-state index contributed by atoms with van der Waals surface area (Å²) in [4.78, 5) is 30.1. The highest BCUT2D eigenvalue weighted by Gasteiger charge is 2.15. The number of piperazine rings is 1. The predicted molar refractivity (Wildman–Crippen MR) is 154 cm³/mol. The number of hydrogen-bond acceptors (Lipinski definition) is 5. The second kappa shape index (κ2) is 11.5. The Balaban J connectivity index is 1.13. The van der Waals surface area contributed by atoms with Crippen LogP contribution in [0.5, 0.6) is 0 Å². The molecule has 1 aliphatic heterocycles. The van der Waals surface area contributed by atoms with Crippen molar-refractivity contribution >= 4 is 28.6 Å². The number of carbonyl (C=O) groups is 2. The average Bonchev–Trinajstić information content (AvgIpc) is 3.37. The van der Waals surface area contributed by atoms with Crippen molar-refractivity contribution < 1.29 is 9.59 Å². The van der Waals surface area contributed by atoms with E-state index in [-0.39, 0.29) is 11.6 Å². The van der Waals surface area contributed by atoms with E-state index in [1.54, 1.807) is 0 Å². The standard InChI is InChI=1S/C32H34N4O2/c1-34-18-20-36(21-19-34)29-15-9-26(10-16-29)31(37)22-24-5-11-27(12-6-24)33-28-13-7-25(8-14-28)23-32(38)30-4-3-17-35(30)2/h3-17,33H,18-23H2,1-2H3. The maximum absolute atomic E-state index is 12.9. The summed E-state index contributed by atoms with van der Waals surface area (Å²) in [6, 6.07) is 27.6. The van der Waals surface area contributed by atoms with Gasteiger partial charge in [0.2, 0.25) is 0 Å². The molecule has 1 saturated heterocycles. The Hall–Kier alpha value is -4.16. The summed E-state index contributed by atoms with van der Waals surface area (Å²) in [6.45, 7) is 4.16. The number of aromatic nitrogens is 1. The second-order valence-corrected chi connectivity index (χ2v) is 10.1. The van der Waals surface area contributed by atoms with Crippen LogP contribution in [0.15, 0.2) is 91.1 Å². The van der Waals surface area contributed by atoms with Gasteiger partial charge in [0.05, 0.1) is 5.69 Å². The molecule has 0 radical (unpaired) electrons. The zero-order chi connectivity index (χ0) is 26.5. The van der Waals surface area contributed by atoms with Gasteiger partial charge in [0.1, 0.15) is 0 Å². The Kier molecular flexibility index (Phi) is 7.70. The van der Waals surface area contributed by atoms with Crippen molar-refractivity contribution in [3.8, 4) is 0 Å². The number of Topliss-reactive ketones (excluding diaryl/α,β-unsaturated/α-hetero) is 2. The van der Waals surface area contributed by atoms with Crippen molar-refractivity contribution in [2.24, 2.45) is 7.05 Å². The molecular weight excluding hydrogens is 472 g/mol. The average molecular weight is 507 g/mol. The van der Waals surface area contributed by atoms with Crippen molar-refractivity contribution in [1.29, 1.82) is 0 Å². The molecule has 0 amide bonds. The summed E-state index contributed by atoms with van der Waals surface area (Å²) < 4.78 is 1.85. The third-order valence-corrected chi connectivity index (χ3v) is 7.21. The lowest BCUT2D eigenvalue weighted by molar-refractivity contribution is 0.0980. The van der Waals surface area contributed by atoms with Crippen LogP contribution in [0, 0.1) is 0 Å². The van der Waals surface area contributed by atoms with Crippen LogP contribution in [0.1, 0.15) is 32.0 Å². The normalized spacial score (nSPS) is 13.9. The summed E-state index contributed by atoms with van der Waals surface area (Å²) in [7, 11) is 4.03. The Morgan fingerprint density at radius 2 is 1.24 bits per heavy atom. The van der Waals surface area contributed by atoms with Gasteiger partial charge in [-0.2, -0.15) is 0 Å². The zero-order valence-electron chi connectivity index (χ0n) is 22.1. The van der Waals surface area contributed by atoms with Crippen molar-refractivity contribution in [2.75, 3.05) is 43.4 Å². The molecule has 4 aromatic rings. The molecule has 5 rings (SSSR count). The first-order valence-electron chi connectivity index (χ1n) is 13.1. The number of ketones is 2. The molecule has 6 heteroatoms. The van der Waals surface area contributed by atoms with Gasteiger partial charge in [-0.15, -0.1) is 0 Å². The van der Waals surface area contributed by atoms with E-state index in [4.69, 9.17) is 0 Å². The van der Waals surface area contributed by atoms with Crippen LogP contribution in [0.3, 0.4) is 0 Å². The molecule has 0 bridgehead atoms. The fraction of sp³-hybridized carbons (Fsp3) is 0.250. The number of likely N-dealkylation sites (N-methyl/N-ethyl adjacent to an activating group) is 1. The maximum atomic E-state index is 12.9. The largest absolute Gasteiger partial charge is 0.369 e. The summed E-state index contributed by atoms with van der Waals surface area (Å²) in [5.74, 6) is 0.227. The third kappa shape index (κ3) is 6.21. The van der Waals surface area contributed by atoms with E-state index in [0.717, 1.165) is 54.2 Å². The number of hydrogen-bond donors (Lipinski definition) is 1. The Bertz CT molecular complexity index is 1380. The van der Waals surface area contributed by atoms with Crippen LogP contribution in [0.2, 0.25) is 0 Å². The first-order valence-corrected chi connectivity index (χ1v) is 13.1. The van der Waals surface area contributed by atoms with Crippen LogP contribution in [-0.4, -0.2) is 54.3 Å². The molecule has 1 aliphatic rings. The molecule has 38 heavy (non-hydrogen) atoms. The molecule has 3 aromatic carbocycles. The van der Waals surface area contributed by atoms with E-state index in [1.165, 1.54) is 5.69 Å². The Morgan fingerprint density at radius 3 is 1.76 bits per heavy atom. The smallest absolute Gasteiger partial charge is 0.183 e. The van der Waals surface area contributed by atoms with Crippen LogP contribution in [0.25, 0.3) is 0 Å². The molecule has 0 atom stereocenters. The Labute approximate surface area is 224 Å². The maximum Gasteiger partial charge on any atom is 0.183 e. The van der Waals surface area contributed by atoms with E-state index < -0.39 is 0 Å². The molecule has 0 aliphatic carbocycles. The van der Waals surface area contributed by atoms with Gasteiger partial charge in [0.15, 0.2) is 11.6 Å². The van der Waals surface area contributed by atoms with E-state index in [2.05, 4.69) is 34.3 Å². The van der Waals surface area contributed by atoms with Gasteiger partial charge in [0, 0.05) is 74.9 Å². The summed E-state index contributed by atoms with van der Waals surface area (Å²) in [6.07, 6.45) is 2.63. The van der Waals surface area contributed by atoms with Crippen LogP contribution in [-0.2, 0) is 19.9 Å². The quantitative estimate of drug-likeness (QED) is 0.309. The van der Waals surface area contributed by atoms with Gasteiger partial charge in [0.25, 0.3) is 0 Å². The van der Waals surface area contributed by atoms with Gasteiger partial charge >= 0.3 is 0 Å². The van der Waals surface area contributed by atoms with Crippen molar-refractivity contribution in [3.05, 3.63) is 114 Å². The minimum Gasteiger partial charge on any atom is -0.369 e. The number of rotatable bonds is 9. The molecule has 0 spiro atoms. The van der Waals surface area contributed by atoms with E-state index >= 15 is 0 Å². The molecule has 1 N–H and O–H groups in total. The third-order valence-electron chi connectivity index (χ3n) is 7.21. The highest BCUT2D eigenvalue weighted by molar-refractivity contribution is 5.98. The predicted octanol–water partition coefficient (Wildman–Crippen LogP) is 5.37. The summed E-state index contributed by atoms with van der Waals surface area (Å²) >= 11 is 0. The summed E-state index contributed by atoms with van der Waals surface area (Å²) in [5, 5.41) is 3.39. The number of nitrogens with one attached hydrogen (secondary N) is 1. The minimum absolute atomic E-state index is 0.106. The second-order valence-electron chi connectivity index (χ2n) is 10.1. The van der Waals surface area contributed by atoms with E-state index in [9.17, 15) is 9.59 Å². The van der Waals surface area contributed by atoms with E-state index in [1.807, 2.05) is 90.6 Å². The molecule has 1 fully saturated rings. The molecule has 194 valence electrons. The molecule has 1 aromatic heterocycles. The lowest BCUT2D eigenvalue weighted by Gasteiger charge is -2.34. The lowest BCUT2D eigenvalue weighted by Crippen LogP contribution is -2.44. The number of benzene rings is 3. The number of carbonyl (C=O) groups excluding carboxylic acids is 2. The molecular formula is C32H34N4O2. The van der Waals surface area contributed by atoms with Gasteiger partial charge in [-0.3, -0.25) is 9.59 Å². The lowest BCUT2D eigenvalue weighted by atomic mass is 10.0. The van der Waals surface area contributed by atoms with Gasteiger partial charge in [-0.25, -0.2) is 0 Å². The van der Waals surface area contributed by atoms with Gasteiger partial charge in [-0.05, 0) is 78.8 Å². The number of aryl methyl sites for hydroxylation is 1. The highest BCUT2D eigenvalue weighted by Crippen LogP contribution is 2.21. The summed E-state index contributed by atoms with van der Waals surface area (Å²) in [5.41, 5.74) is 6.50. The van der Waals surface area contributed by atoms with Gasteiger partial charge in [-0.1, -0.05) is 24.3 Å². The molecule has 6 nitrogen and oxygen atoms in total. The SMILES string of the molecule is CN1CCN(c2ccc(C(=O)Cc3ccc(Nc4ccc(CC(=O)c5cccn5C)cc4)cc3)cc2)CC1. The molecule has 2 heterocycles. The number of nitrogens with zero attached hydrogens (tertiary/aromatic N) is 3. The van der Waals surface area contributed by atoms with Crippen molar-refractivity contribution in [1.82, 2.24) is 9.47 Å². The van der Waals surface area contributed by atoms with Crippen LogP contribution in [0.4, 0.5) is 17.1 Å². The fourth-order valence-electron chi connectivity index (χ4n) is 4.82.